The van der Waals surface area contributed by atoms with Gasteiger partial charge in [-0.05, 0) is 6.07 Å². The molecule has 0 fully saturated rings. The summed E-state index contributed by atoms with van der Waals surface area (Å²) in [5.74, 6) is -1.54. The second kappa shape index (κ2) is 4.36. The molecule has 1 aliphatic rings. The number of aldehydes is 1. The van der Waals surface area contributed by atoms with E-state index in [0.717, 1.165) is 11.0 Å². The summed E-state index contributed by atoms with van der Waals surface area (Å²) in [5, 5.41) is 10.6. The van der Waals surface area contributed by atoms with Crippen molar-refractivity contribution < 1.29 is 19.3 Å². The highest BCUT2D eigenvalue weighted by atomic mass is 16.6. The standard InChI is InChI=1S/C11H8N2O5/c14-5-1-4-12-9-3-2-7(13(17)18)6-8(9)10(15)11(12)16/h2-3,5-6H,1,4H2. The van der Waals surface area contributed by atoms with Crippen LogP contribution in [0.15, 0.2) is 18.2 Å². The molecule has 1 aromatic rings. The van der Waals surface area contributed by atoms with Gasteiger partial charge in [-0.25, -0.2) is 0 Å². The van der Waals surface area contributed by atoms with Crippen molar-refractivity contribution in [3.05, 3.63) is 33.9 Å². The summed E-state index contributed by atoms with van der Waals surface area (Å²) in [6, 6.07) is 3.65. The molecule has 0 bridgehead atoms. The Bertz CT molecular complexity index is 567. The first-order valence-corrected chi connectivity index (χ1v) is 5.14. The molecule has 0 aliphatic carbocycles. The van der Waals surface area contributed by atoms with Gasteiger partial charge in [-0.2, -0.15) is 0 Å². The number of nitrogens with zero attached hydrogens (tertiary/aromatic N) is 2. The van der Waals surface area contributed by atoms with E-state index in [1.165, 1.54) is 12.1 Å². The van der Waals surface area contributed by atoms with Gasteiger partial charge in [0.25, 0.3) is 17.4 Å². The lowest BCUT2D eigenvalue weighted by atomic mass is 10.1. The van der Waals surface area contributed by atoms with E-state index in [2.05, 4.69) is 0 Å². The van der Waals surface area contributed by atoms with Gasteiger partial charge in [0.05, 0.1) is 16.2 Å². The third kappa shape index (κ3) is 1.75. The normalized spacial score (nSPS) is 13.7. The number of hydrogen-bond donors (Lipinski definition) is 0. The molecular formula is C11H8N2O5. The van der Waals surface area contributed by atoms with E-state index in [0.29, 0.717) is 12.0 Å². The van der Waals surface area contributed by atoms with Crippen molar-refractivity contribution in [3.63, 3.8) is 0 Å². The largest absolute Gasteiger partial charge is 0.304 e. The Balaban J connectivity index is 2.44. The Hall–Kier alpha value is -2.57. The lowest BCUT2D eigenvalue weighted by Crippen LogP contribution is -2.30. The van der Waals surface area contributed by atoms with E-state index in [4.69, 9.17) is 0 Å². The fraction of sp³-hybridized carbons (Fsp3) is 0.182. The molecule has 0 atom stereocenters. The number of carbonyl (C=O) groups is 3. The van der Waals surface area contributed by atoms with Gasteiger partial charge in [-0.3, -0.25) is 19.7 Å². The summed E-state index contributed by atoms with van der Waals surface area (Å²) in [6.07, 6.45) is 0.747. The molecule has 92 valence electrons. The number of benzene rings is 1. The zero-order valence-corrected chi connectivity index (χ0v) is 9.16. The predicted octanol–water partition coefficient (Wildman–Crippen LogP) is 0.713. The van der Waals surface area contributed by atoms with E-state index < -0.39 is 16.6 Å². The summed E-state index contributed by atoms with van der Waals surface area (Å²) in [7, 11) is 0. The smallest absolute Gasteiger partial charge is 0.299 e. The van der Waals surface area contributed by atoms with Gasteiger partial charge in [-0.15, -0.1) is 0 Å². The van der Waals surface area contributed by atoms with Crippen LogP contribution in [0.25, 0.3) is 0 Å². The molecule has 0 aromatic heterocycles. The highest BCUT2D eigenvalue weighted by Crippen LogP contribution is 2.31. The second-order valence-electron chi connectivity index (χ2n) is 3.70. The maximum Gasteiger partial charge on any atom is 0.299 e. The van der Waals surface area contributed by atoms with Gasteiger partial charge < -0.3 is 9.69 Å². The first-order chi connectivity index (χ1) is 8.56. The summed E-state index contributed by atoms with van der Waals surface area (Å²) < 4.78 is 0. The lowest BCUT2D eigenvalue weighted by molar-refractivity contribution is -0.384. The number of nitro benzene ring substituents is 1. The molecule has 1 aromatic carbocycles. The number of amides is 1. The summed E-state index contributed by atoms with van der Waals surface area (Å²) in [5.41, 5.74) is 0.0877. The zero-order valence-electron chi connectivity index (χ0n) is 9.16. The van der Waals surface area contributed by atoms with Gasteiger partial charge in [-0.1, -0.05) is 0 Å². The maximum absolute atomic E-state index is 11.6. The molecular weight excluding hydrogens is 240 g/mol. The number of non-ortho nitro benzene ring substituents is 1. The number of rotatable bonds is 4. The molecule has 1 heterocycles. The van der Waals surface area contributed by atoms with Gasteiger partial charge in [0, 0.05) is 25.1 Å². The van der Waals surface area contributed by atoms with E-state index in [9.17, 15) is 24.5 Å². The van der Waals surface area contributed by atoms with Crippen molar-refractivity contribution in [1.82, 2.24) is 0 Å². The van der Waals surface area contributed by atoms with Crippen molar-refractivity contribution in [2.75, 3.05) is 11.4 Å². The molecule has 1 amide bonds. The SMILES string of the molecule is O=CCCN1C(=O)C(=O)c2cc([N+](=O)[O-])ccc21. The van der Waals surface area contributed by atoms with E-state index in [1.807, 2.05) is 0 Å². The van der Waals surface area contributed by atoms with Crippen LogP contribution in [0.5, 0.6) is 0 Å². The number of fused-ring (bicyclic) bond motifs is 1. The minimum Gasteiger partial charge on any atom is -0.304 e. The molecule has 0 radical (unpaired) electrons. The zero-order chi connectivity index (χ0) is 13.3. The molecule has 0 spiro atoms. The molecule has 1 aliphatic heterocycles. The molecule has 7 heteroatoms. The monoisotopic (exact) mass is 248 g/mol. The molecule has 0 unspecified atom stereocenters. The van der Waals surface area contributed by atoms with Crippen LogP contribution in [-0.4, -0.2) is 29.4 Å². The van der Waals surface area contributed by atoms with Crippen LogP contribution in [0.2, 0.25) is 0 Å². The predicted molar refractivity (Wildman–Crippen MR) is 60.5 cm³/mol. The van der Waals surface area contributed by atoms with Gasteiger partial charge in [0.1, 0.15) is 6.29 Å². The fourth-order valence-electron chi connectivity index (χ4n) is 1.81. The summed E-state index contributed by atoms with van der Waals surface area (Å²) in [4.78, 5) is 44.7. The van der Waals surface area contributed by atoms with E-state index in [-0.39, 0.29) is 24.2 Å². The average Bonchev–Trinajstić information content (AvgIpc) is 2.60. The first-order valence-electron chi connectivity index (χ1n) is 5.14. The number of ketones is 1. The fourth-order valence-corrected chi connectivity index (χ4v) is 1.81. The van der Waals surface area contributed by atoms with Gasteiger partial charge in [0.15, 0.2) is 0 Å². The van der Waals surface area contributed by atoms with Crippen LogP contribution in [0.4, 0.5) is 11.4 Å². The van der Waals surface area contributed by atoms with Crippen LogP contribution >= 0.6 is 0 Å². The van der Waals surface area contributed by atoms with Crippen molar-refractivity contribution in [3.8, 4) is 0 Å². The first kappa shape index (κ1) is 11.9. The third-order valence-electron chi connectivity index (χ3n) is 2.64. The average molecular weight is 248 g/mol. The van der Waals surface area contributed by atoms with Crippen molar-refractivity contribution >= 4 is 29.4 Å². The Morgan fingerprint density at radius 2 is 2.06 bits per heavy atom. The molecule has 0 saturated carbocycles. The number of Topliss-reactive ketones (excluding diaryl/α,β-unsaturated/α-hetero) is 1. The van der Waals surface area contributed by atoms with E-state index >= 15 is 0 Å². The number of hydrogen-bond acceptors (Lipinski definition) is 5. The minimum absolute atomic E-state index is 0.0140. The van der Waals surface area contributed by atoms with Crippen molar-refractivity contribution in [2.24, 2.45) is 0 Å². The Morgan fingerprint density at radius 3 is 2.67 bits per heavy atom. The van der Waals surface area contributed by atoms with E-state index in [1.54, 1.807) is 0 Å². The lowest BCUT2D eigenvalue weighted by Gasteiger charge is -2.14. The van der Waals surface area contributed by atoms with Crippen molar-refractivity contribution in [1.29, 1.82) is 0 Å². The number of carbonyl (C=O) groups excluding carboxylic acids is 3. The Kier molecular flexibility index (Phi) is 2.88. The highest BCUT2D eigenvalue weighted by Gasteiger charge is 2.36. The Labute approximate surface area is 101 Å². The molecule has 0 N–H and O–H groups in total. The van der Waals surface area contributed by atoms with Crippen molar-refractivity contribution in [2.45, 2.75) is 6.42 Å². The summed E-state index contributed by atoms with van der Waals surface area (Å²) >= 11 is 0. The van der Waals surface area contributed by atoms with Crippen LogP contribution in [0.3, 0.4) is 0 Å². The minimum atomic E-state index is -0.778. The second-order valence-corrected chi connectivity index (χ2v) is 3.70. The molecule has 2 rings (SSSR count). The molecule has 7 nitrogen and oxygen atoms in total. The maximum atomic E-state index is 11.6. The van der Waals surface area contributed by atoms with Crippen LogP contribution < -0.4 is 4.90 Å². The van der Waals surface area contributed by atoms with Crippen LogP contribution in [0.1, 0.15) is 16.8 Å². The number of anilines is 1. The third-order valence-corrected chi connectivity index (χ3v) is 2.64. The quantitative estimate of drug-likeness (QED) is 0.338. The van der Waals surface area contributed by atoms with Crippen LogP contribution in [0, 0.1) is 10.1 Å². The Morgan fingerprint density at radius 1 is 1.33 bits per heavy atom. The molecule has 0 saturated heterocycles. The summed E-state index contributed by atoms with van der Waals surface area (Å²) in [6.45, 7) is 0.0961. The van der Waals surface area contributed by atoms with Gasteiger partial charge in [0.2, 0.25) is 0 Å². The van der Waals surface area contributed by atoms with Crippen LogP contribution in [-0.2, 0) is 9.59 Å². The highest BCUT2D eigenvalue weighted by molar-refractivity contribution is 6.52. The number of nitro groups is 1. The van der Waals surface area contributed by atoms with Gasteiger partial charge >= 0.3 is 0 Å². The topological polar surface area (TPSA) is 97.6 Å². The molecule has 18 heavy (non-hydrogen) atoms.